The molecule has 0 saturated carbocycles. The number of amides is 1. The fourth-order valence-corrected chi connectivity index (χ4v) is 2.80. The third kappa shape index (κ3) is 3.72. The van der Waals surface area contributed by atoms with Crippen molar-refractivity contribution in [3.05, 3.63) is 35.5 Å². The summed E-state index contributed by atoms with van der Waals surface area (Å²) >= 11 is 0. The minimum atomic E-state index is -3.90. The first-order valence-electron chi connectivity index (χ1n) is 6.89. The van der Waals surface area contributed by atoms with Gasteiger partial charge in [-0.05, 0) is 18.2 Å². The van der Waals surface area contributed by atoms with Crippen LogP contribution in [0.1, 0.15) is 0 Å². The highest BCUT2D eigenvalue weighted by Gasteiger charge is 2.34. The summed E-state index contributed by atoms with van der Waals surface area (Å²) < 4.78 is 27.5. The number of aliphatic hydroxyl groups is 1. The van der Waals surface area contributed by atoms with Crippen molar-refractivity contribution in [2.24, 2.45) is 5.14 Å². The van der Waals surface area contributed by atoms with E-state index in [0.717, 1.165) is 0 Å². The van der Waals surface area contributed by atoms with Gasteiger partial charge in [0.25, 0.3) is 5.91 Å². The van der Waals surface area contributed by atoms with Gasteiger partial charge in [-0.25, -0.2) is 18.4 Å². The molecule has 0 aromatic heterocycles. The third-order valence-corrected chi connectivity index (χ3v) is 4.30. The molecule has 9 nitrogen and oxygen atoms in total. The van der Waals surface area contributed by atoms with Gasteiger partial charge in [-0.3, -0.25) is 4.79 Å². The summed E-state index contributed by atoms with van der Waals surface area (Å²) in [4.78, 5) is 25.4. The fourth-order valence-electron chi connectivity index (χ4n) is 2.24. The Morgan fingerprint density at radius 1 is 1.46 bits per heavy atom. The summed E-state index contributed by atoms with van der Waals surface area (Å²) in [6.45, 7) is -0.209. The molecule has 0 bridgehead atoms. The van der Waals surface area contributed by atoms with E-state index in [1.165, 1.54) is 36.3 Å². The summed E-state index contributed by atoms with van der Waals surface area (Å²) in [5, 5.41) is 16.8. The third-order valence-electron chi connectivity index (χ3n) is 3.39. The number of nitrogens with one attached hydrogen (secondary N) is 1. The van der Waals surface area contributed by atoms with Crippen molar-refractivity contribution in [1.29, 1.82) is 0 Å². The standard InChI is InChI=1S/C14H17N3O6S/c1-23-14(20)11-8-17(5-6-18)13(19)12(11)16-9-3-2-4-10(7-9)24(15,21)22/h2-4,7,16,18H,5-6,8H2,1H3,(H2,15,21,22). The lowest BCUT2D eigenvalue weighted by Gasteiger charge is -2.15. The van der Waals surface area contributed by atoms with Crippen LogP contribution in [0, 0.1) is 0 Å². The van der Waals surface area contributed by atoms with Gasteiger partial charge in [0.15, 0.2) is 0 Å². The molecular formula is C14H17N3O6S. The first-order chi connectivity index (χ1) is 11.3. The Kier molecular flexibility index (Phi) is 5.22. The number of β-amino-alcohol motifs (C(OH)–C–C–N with tert-alkyl or cyclic N) is 1. The molecule has 0 unspecified atom stereocenters. The zero-order valence-corrected chi connectivity index (χ0v) is 13.7. The van der Waals surface area contributed by atoms with E-state index < -0.39 is 21.9 Å². The number of aliphatic hydroxyl groups excluding tert-OH is 1. The van der Waals surface area contributed by atoms with E-state index in [2.05, 4.69) is 10.1 Å². The molecular weight excluding hydrogens is 338 g/mol. The molecule has 130 valence electrons. The van der Waals surface area contributed by atoms with Crippen LogP contribution in [-0.4, -0.2) is 57.1 Å². The van der Waals surface area contributed by atoms with Crippen LogP contribution in [0.3, 0.4) is 0 Å². The van der Waals surface area contributed by atoms with Crippen molar-refractivity contribution in [2.45, 2.75) is 4.90 Å². The largest absolute Gasteiger partial charge is 0.466 e. The van der Waals surface area contributed by atoms with Gasteiger partial charge >= 0.3 is 5.97 Å². The van der Waals surface area contributed by atoms with Crippen molar-refractivity contribution in [1.82, 2.24) is 4.90 Å². The Labute approximate surface area is 138 Å². The van der Waals surface area contributed by atoms with Crippen LogP contribution in [0.5, 0.6) is 0 Å². The van der Waals surface area contributed by atoms with Gasteiger partial charge in [-0.1, -0.05) is 6.07 Å². The number of sulfonamides is 1. The molecule has 0 atom stereocenters. The van der Waals surface area contributed by atoms with Gasteiger partial charge in [0.2, 0.25) is 10.0 Å². The number of esters is 1. The monoisotopic (exact) mass is 355 g/mol. The van der Waals surface area contributed by atoms with E-state index in [4.69, 9.17) is 10.2 Å². The molecule has 0 fully saturated rings. The number of anilines is 1. The van der Waals surface area contributed by atoms with E-state index in [1.54, 1.807) is 0 Å². The van der Waals surface area contributed by atoms with Gasteiger partial charge in [-0.2, -0.15) is 0 Å². The van der Waals surface area contributed by atoms with Crippen LogP contribution >= 0.6 is 0 Å². The molecule has 10 heteroatoms. The Balaban J connectivity index is 2.37. The Hall–Kier alpha value is -2.43. The second-order valence-electron chi connectivity index (χ2n) is 4.99. The van der Waals surface area contributed by atoms with Crippen LogP contribution < -0.4 is 10.5 Å². The lowest BCUT2D eigenvalue weighted by Crippen LogP contribution is -2.31. The summed E-state index contributed by atoms with van der Waals surface area (Å²) in [6, 6.07) is 5.54. The predicted molar refractivity (Wildman–Crippen MR) is 84.1 cm³/mol. The summed E-state index contributed by atoms with van der Waals surface area (Å²) in [7, 11) is -2.71. The number of nitrogens with two attached hydrogens (primary N) is 1. The van der Waals surface area contributed by atoms with E-state index in [9.17, 15) is 18.0 Å². The van der Waals surface area contributed by atoms with E-state index in [1.807, 2.05) is 0 Å². The Morgan fingerprint density at radius 2 is 2.17 bits per heavy atom. The number of methoxy groups -OCH3 is 1. The summed E-state index contributed by atoms with van der Waals surface area (Å²) in [5.74, 6) is -1.18. The molecule has 4 N–H and O–H groups in total. The molecule has 1 amide bonds. The molecule has 1 aliphatic rings. The zero-order chi connectivity index (χ0) is 17.9. The molecule has 1 heterocycles. The van der Waals surface area contributed by atoms with E-state index in [0.29, 0.717) is 0 Å². The van der Waals surface area contributed by atoms with Crippen molar-refractivity contribution < 1.29 is 27.9 Å². The molecule has 0 aliphatic carbocycles. The highest BCUT2D eigenvalue weighted by atomic mass is 32.2. The lowest BCUT2D eigenvalue weighted by molar-refractivity contribution is -0.136. The van der Waals surface area contributed by atoms with Crippen LogP contribution in [-0.2, 0) is 24.3 Å². The average molecular weight is 355 g/mol. The highest BCUT2D eigenvalue weighted by Crippen LogP contribution is 2.23. The van der Waals surface area contributed by atoms with Crippen molar-refractivity contribution >= 4 is 27.6 Å². The maximum atomic E-state index is 12.4. The second-order valence-corrected chi connectivity index (χ2v) is 6.55. The SMILES string of the molecule is COC(=O)C1=C(Nc2cccc(S(N)(=O)=O)c2)C(=O)N(CCO)C1. The molecule has 1 aromatic rings. The fraction of sp³-hybridized carbons (Fsp3) is 0.286. The van der Waals surface area contributed by atoms with Crippen molar-refractivity contribution in [3.63, 3.8) is 0 Å². The maximum Gasteiger partial charge on any atom is 0.337 e. The summed E-state index contributed by atoms with van der Waals surface area (Å²) in [5.41, 5.74) is 0.343. The van der Waals surface area contributed by atoms with Crippen molar-refractivity contribution in [3.8, 4) is 0 Å². The number of hydrogen-bond acceptors (Lipinski definition) is 7. The summed E-state index contributed by atoms with van der Waals surface area (Å²) in [6.07, 6.45) is 0. The van der Waals surface area contributed by atoms with Gasteiger partial charge in [-0.15, -0.1) is 0 Å². The highest BCUT2D eigenvalue weighted by molar-refractivity contribution is 7.89. The van der Waals surface area contributed by atoms with Crippen LogP contribution in [0.2, 0.25) is 0 Å². The van der Waals surface area contributed by atoms with Gasteiger partial charge in [0.05, 0.1) is 30.7 Å². The molecule has 24 heavy (non-hydrogen) atoms. The van der Waals surface area contributed by atoms with Crippen molar-refractivity contribution in [2.75, 3.05) is 32.1 Å². The lowest BCUT2D eigenvalue weighted by atomic mass is 10.2. The maximum absolute atomic E-state index is 12.4. The number of hydrogen-bond donors (Lipinski definition) is 3. The van der Waals surface area contributed by atoms with Gasteiger partial charge in [0.1, 0.15) is 5.70 Å². The molecule has 0 radical (unpaired) electrons. The molecule has 2 rings (SSSR count). The number of primary sulfonamides is 1. The first kappa shape index (κ1) is 17.9. The number of benzene rings is 1. The number of nitrogens with zero attached hydrogens (tertiary/aromatic N) is 1. The molecule has 0 saturated heterocycles. The molecule has 1 aromatic carbocycles. The number of rotatable bonds is 6. The normalized spacial score (nSPS) is 15.0. The number of ether oxygens (including phenoxy) is 1. The smallest absolute Gasteiger partial charge is 0.337 e. The number of carbonyl (C=O) groups is 2. The first-order valence-corrected chi connectivity index (χ1v) is 8.44. The van der Waals surface area contributed by atoms with Gasteiger partial charge < -0.3 is 20.1 Å². The molecule has 1 aliphatic heterocycles. The van der Waals surface area contributed by atoms with E-state index in [-0.39, 0.29) is 41.5 Å². The Morgan fingerprint density at radius 3 is 2.75 bits per heavy atom. The van der Waals surface area contributed by atoms with Crippen LogP contribution in [0.15, 0.2) is 40.4 Å². The van der Waals surface area contributed by atoms with Crippen LogP contribution in [0.25, 0.3) is 0 Å². The quantitative estimate of drug-likeness (QED) is 0.557. The zero-order valence-electron chi connectivity index (χ0n) is 12.9. The minimum Gasteiger partial charge on any atom is -0.466 e. The average Bonchev–Trinajstić information content (AvgIpc) is 2.83. The van der Waals surface area contributed by atoms with Crippen LogP contribution in [0.4, 0.5) is 5.69 Å². The second kappa shape index (κ2) is 6.99. The molecule has 0 spiro atoms. The Bertz CT molecular complexity index is 802. The minimum absolute atomic E-state index is 0.0106. The van der Waals surface area contributed by atoms with Gasteiger partial charge in [0, 0.05) is 12.2 Å². The topological polar surface area (TPSA) is 139 Å². The van der Waals surface area contributed by atoms with E-state index >= 15 is 0 Å². The number of carbonyl (C=O) groups excluding carboxylic acids is 2. The predicted octanol–water partition coefficient (Wildman–Crippen LogP) is -0.992.